The van der Waals surface area contributed by atoms with Crippen molar-refractivity contribution in [2.75, 3.05) is 5.32 Å². The molecule has 0 saturated heterocycles. The predicted molar refractivity (Wildman–Crippen MR) is 112 cm³/mol. The fraction of sp³-hybridized carbons (Fsp3) is 0.174. The van der Waals surface area contributed by atoms with Gasteiger partial charge in [0.15, 0.2) is 23.1 Å². The van der Waals surface area contributed by atoms with Gasteiger partial charge in [0.2, 0.25) is 0 Å². The van der Waals surface area contributed by atoms with Crippen molar-refractivity contribution in [2.45, 2.75) is 27.0 Å². The van der Waals surface area contributed by atoms with Crippen LogP contribution in [0.5, 0.6) is 5.75 Å². The van der Waals surface area contributed by atoms with Crippen LogP contribution in [0.2, 0.25) is 0 Å². The molecule has 32 heavy (non-hydrogen) atoms. The van der Waals surface area contributed by atoms with Crippen molar-refractivity contribution in [3.63, 3.8) is 0 Å². The average Bonchev–Trinajstić information content (AvgIpc) is 3.35. The molecular weight excluding hydrogens is 418 g/mol. The molecule has 0 bridgehead atoms. The van der Waals surface area contributed by atoms with Crippen LogP contribution in [0.1, 0.15) is 32.9 Å². The van der Waals surface area contributed by atoms with Gasteiger partial charge in [0.05, 0.1) is 12.1 Å². The molecule has 0 radical (unpaired) electrons. The molecule has 1 amide bonds. The molecule has 164 valence electrons. The highest BCUT2D eigenvalue weighted by molar-refractivity contribution is 6.03. The minimum absolute atomic E-state index is 0.00176. The monoisotopic (exact) mass is 438 g/mol. The van der Waals surface area contributed by atoms with Gasteiger partial charge in [-0.1, -0.05) is 35.0 Å². The molecule has 0 aliphatic carbocycles. The number of halogens is 2. The van der Waals surface area contributed by atoms with E-state index in [9.17, 15) is 13.6 Å². The molecule has 1 N–H and O–H groups in total. The smallest absolute Gasteiger partial charge is 0.279 e. The molecule has 0 unspecified atom stereocenters. The van der Waals surface area contributed by atoms with Crippen LogP contribution in [-0.2, 0) is 13.2 Å². The number of carbonyl (C=O) groups excluding carboxylic acids is 1. The van der Waals surface area contributed by atoms with Crippen molar-refractivity contribution in [3.8, 4) is 5.75 Å². The normalized spacial score (nSPS) is 10.9. The van der Waals surface area contributed by atoms with Crippen LogP contribution in [0.15, 0.2) is 59.3 Å². The number of anilines is 1. The van der Waals surface area contributed by atoms with Crippen LogP contribution in [0.25, 0.3) is 0 Å². The first-order chi connectivity index (χ1) is 15.4. The second kappa shape index (κ2) is 9.01. The van der Waals surface area contributed by atoms with Gasteiger partial charge in [0.1, 0.15) is 18.2 Å². The quantitative estimate of drug-likeness (QED) is 0.454. The van der Waals surface area contributed by atoms with E-state index in [4.69, 9.17) is 9.26 Å². The number of rotatable bonds is 7. The van der Waals surface area contributed by atoms with E-state index in [1.54, 1.807) is 23.9 Å². The largest absolute Gasteiger partial charge is 0.486 e. The fourth-order valence-electron chi connectivity index (χ4n) is 3.05. The summed E-state index contributed by atoms with van der Waals surface area (Å²) >= 11 is 0. The summed E-state index contributed by atoms with van der Waals surface area (Å²) in [6.45, 7) is 4.01. The maximum absolute atomic E-state index is 13.8. The zero-order valence-electron chi connectivity index (χ0n) is 17.4. The molecule has 9 heteroatoms. The number of nitrogens with one attached hydrogen (secondary N) is 1. The Morgan fingerprint density at radius 1 is 1.12 bits per heavy atom. The van der Waals surface area contributed by atoms with E-state index in [1.165, 1.54) is 11.6 Å². The van der Waals surface area contributed by atoms with E-state index >= 15 is 0 Å². The fourth-order valence-corrected chi connectivity index (χ4v) is 3.05. The van der Waals surface area contributed by atoms with Crippen LogP contribution in [0.3, 0.4) is 0 Å². The number of ether oxygens (including phenoxy) is 1. The predicted octanol–water partition coefficient (Wildman–Crippen LogP) is 4.65. The van der Waals surface area contributed by atoms with Crippen molar-refractivity contribution in [1.82, 2.24) is 14.9 Å². The van der Waals surface area contributed by atoms with Crippen LogP contribution < -0.4 is 10.1 Å². The van der Waals surface area contributed by atoms with E-state index in [-0.39, 0.29) is 18.1 Å². The van der Waals surface area contributed by atoms with Crippen LogP contribution >= 0.6 is 0 Å². The third-order valence-corrected chi connectivity index (χ3v) is 4.81. The number of aromatic nitrogens is 3. The summed E-state index contributed by atoms with van der Waals surface area (Å²) in [5.41, 5.74) is 2.60. The van der Waals surface area contributed by atoms with Crippen LogP contribution in [-0.4, -0.2) is 20.8 Å². The SMILES string of the molecule is Cc1ccc(Cn2ccc(NC(=O)c3noc(C)c3COc3ccc(F)cc3F)n2)cc1. The summed E-state index contributed by atoms with van der Waals surface area (Å²) < 4.78 is 39.1. The maximum atomic E-state index is 13.8. The standard InChI is InChI=1S/C23H20F2N4O3/c1-14-3-5-16(6-4-14)12-29-10-9-21(27-29)26-23(30)22-18(15(2)32-28-22)13-31-20-8-7-17(24)11-19(20)25/h3-11H,12-13H2,1-2H3,(H,26,27,30). The third-order valence-electron chi connectivity index (χ3n) is 4.81. The molecule has 2 heterocycles. The number of aryl methyl sites for hydroxylation is 2. The summed E-state index contributed by atoms with van der Waals surface area (Å²) in [6.07, 6.45) is 1.75. The van der Waals surface area contributed by atoms with Gasteiger partial charge in [-0.15, -0.1) is 0 Å². The number of amides is 1. The van der Waals surface area contributed by atoms with E-state index in [1.807, 2.05) is 31.2 Å². The lowest BCUT2D eigenvalue weighted by Gasteiger charge is -2.07. The molecule has 7 nitrogen and oxygen atoms in total. The van der Waals surface area contributed by atoms with Crippen molar-refractivity contribution >= 4 is 11.7 Å². The van der Waals surface area contributed by atoms with Gasteiger partial charge in [-0.2, -0.15) is 5.10 Å². The van der Waals surface area contributed by atoms with E-state index in [2.05, 4.69) is 15.6 Å². The highest BCUT2D eigenvalue weighted by Gasteiger charge is 2.21. The number of hydrogen-bond acceptors (Lipinski definition) is 5. The van der Waals surface area contributed by atoms with Crippen LogP contribution in [0.4, 0.5) is 14.6 Å². The van der Waals surface area contributed by atoms with Gasteiger partial charge < -0.3 is 14.6 Å². The summed E-state index contributed by atoms with van der Waals surface area (Å²) in [5, 5.41) is 10.8. The Bertz CT molecular complexity index is 1250. The number of benzene rings is 2. The van der Waals surface area contributed by atoms with Gasteiger partial charge in [-0.25, -0.2) is 8.78 Å². The summed E-state index contributed by atoms with van der Waals surface area (Å²) in [5.74, 6) is -1.54. The minimum atomic E-state index is -0.843. The molecule has 0 atom stereocenters. The lowest BCUT2D eigenvalue weighted by molar-refractivity contribution is 0.101. The highest BCUT2D eigenvalue weighted by atomic mass is 19.1. The van der Waals surface area contributed by atoms with Gasteiger partial charge in [0.25, 0.3) is 5.91 Å². The number of nitrogens with zero attached hydrogens (tertiary/aromatic N) is 3. The molecule has 2 aromatic heterocycles. The third kappa shape index (κ3) is 4.83. The molecule has 4 rings (SSSR count). The second-order valence-electron chi connectivity index (χ2n) is 7.27. The molecule has 0 spiro atoms. The average molecular weight is 438 g/mol. The zero-order valence-corrected chi connectivity index (χ0v) is 17.4. The zero-order chi connectivity index (χ0) is 22.7. The van der Waals surface area contributed by atoms with E-state index in [0.29, 0.717) is 23.7 Å². The first-order valence-electron chi connectivity index (χ1n) is 9.82. The van der Waals surface area contributed by atoms with Gasteiger partial charge in [-0.05, 0) is 31.5 Å². The summed E-state index contributed by atoms with van der Waals surface area (Å²) in [7, 11) is 0. The molecule has 0 saturated carbocycles. The molecule has 0 aliphatic rings. The Balaban J connectivity index is 1.43. The maximum Gasteiger partial charge on any atom is 0.279 e. The molecule has 0 fully saturated rings. The van der Waals surface area contributed by atoms with Crippen molar-refractivity contribution in [3.05, 3.63) is 94.5 Å². The lowest BCUT2D eigenvalue weighted by Crippen LogP contribution is -2.16. The van der Waals surface area contributed by atoms with Crippen molar-refractivity contribution in [2.24, 2.45) is 0 Å². The van der Waals surface area contributed by atoms with Crippen molar-refractivity contribution in [1.29, 1.82) is 0 Å². The Kier molecular flexibility index (Phi) is 5.98. The Morgan fingerprint density at radius 2 is 1.91 bits per heavy atom. The van der Waals surface area contributed by atoms with Crippen LogP contribution in [0, 0.1) is 25.5 Å². The minimum Gasteiger partial charge on any atom is -0.486 e. The molecule has 4 aromatic rings. The second-order valence-corrected chi connectivity index (χ2v) is 7.27. The van der Waals surface area contributed by atoms with E-state index in [0.717, 1.165) is 17.7 Å². The lowest BCUT2D eigenvalue weighted by atomic mass is 10.1. The first-order valence-corrected chi connectivity index (χ1v) is 9.82. The Hall–Kier alpha value is -4.01. The van der Waals surface area contributed by atoms with Gasteiger partial charge in [-0.3, -0.25) is 9.48 Å². The topological polar surface area (TPSA) is 82.2 Å². The van der Waals surface area contributed by atoms with E-state index < -0.39 is 17.5 Å². The summed E-state index contributed by atoms with van der Waals surface area (Å²) in [4.78, 5) is 12.7. The number of carbonyl (C=O) groups is 1. The molecule has 0 aliphatic heterocycles. The number of hydrogen-bond donors (Lipinski definition) is 1. The van der Waals surface area contributed by atoms with Crippen molar-refractivity contribution < 1.29 is 22.8 Å². The Labute approximate surface area is 182 Å². The summed E-state index contributed by atoms with van der Waals surface area (Å²) in [6, 6.07) is 12.7. The first kappa shape index (κ1) is 21.2. The molecule has 2 aromatic carbocycles. The van der Waals surface area contributed by atoms with Gasteiger partial charge in [0, 0.05) is 18.3 Å². The van der Waals surface area contributed by atoms with Gasteiger partial charge >= 0.3 is 0 Å². The Morgan fingerprint density at radius 3 is 2.66 bits per heavy atom. The molecular formula is C23H20F2N4O3. The highest BCUT2D eigenvalue weighted by Crippen LogP contribution is 2.22.